The van der Waals surface area contributed by atoms with Crippen LogP contribution < -0.4 is 4.74 Å². The van der Waals surface area contributed by atoms with Crippen molar-refractivity contribution >= 4 is 22.9 Å². The van der Waals surface area contributed by atoms with Crippen molar-refractivity contribution in [3.8, 4) is 5.88 Å². The van der Waals surface area contributed by atoms with Crippen LogP contribution in [0, 0.1) is 5.92 Å². The molecule has 0 saturated carbocycles. The second kappa shape index (κ2) is 8.12. The summed E-state index contributed by atoms with van der Waals surface area (Å²) in [5.74, 6) is 0.716. The van der Waals surface area contributed by atoms with E-state index in [9.17, 15) is 9.90 Å². The summed E-state index contributed by atoms with van der Waals surface area (Å²) in [6.45, 7) is 4.09. The number of carbonyl (C=O) groups excluding carboxylic acids is 1. The van der Waals surface area contributed by atoms with Gasteiger partial charge in [0.2, 0.25) is 11.8 Å². The summed E-state index contributed by atoms with van der Waals surface area (Å²) in [7, 11) is 0. The maximum atomic E-state index is 12.4. The largest absolute Gasteiger partial charge is 0.477 e. The molecule has 2 aromatic rings. The predicted octanol–water partition coefficient (Wildman–Crippen LogP) is 2.88. The van der Waals surface area contributed by atoms with Gasteiger partial charge in [-0.3, -0.25) is 4.79 Å². The van der Waals surface area contributed by atoms with Crippen LogP contribution in [-0.2, 0) is 4.79 Å². The van der Waals surface area contributed by atoms with Crippen molar-refractivity contribution in [2.75, 3.05) is 26.3 Å². The van der Waals surface area contributed by atoms with Crippen molar-refractivity contribution in [2.24, 2.45) is 5.92 Å². The van der Waals surface area contributed by atoms with Crippen molar-refractivity contribution < 1.29 is 14.6 Å². The topological polar surface area (TPSA) is 62.7 Å². The van der Waals surface area contributed by atoms with Crippen molar-refractivity contribution in [3.05, 3.63) is 42.0 Å². The van der Waals surface area contributed by atoms with Crippen LogP contribution in [0.15, 0.2) is 36.4 Å². The highest BCUT2D eigenvalue weighted by atomic mass is 16.5. The van der Waals surface area contributed by atoms with Gasteiger partial charge in [0.05, 0.1) is 12.1 Å². The van der Waals surface area contributed by atoms with E-state index in [1.54, 1.807) is 17.1 Å². The van der Waals surface area contributed by atoms with Crippen LogP contribution in [0.2, 0.25) is 0 Å². The van der Waals surface area contributed by atoms with Crippen LogP contribution in [0.25, 0.3) is 17.0 Å². The number of carbonyl (C=O) groups is 1. The first-order valence-electron chi connectivity index (χ1n) is 8.81. The number of aliphatic hydroxyl groups excluding tert-OH is 1. The van der Waals surface area contributed by atoms with Gasteiger partial charge < -0.3 is 14.7 Å². The molecule has 1 aromatic heterocycles. The number of amides is 1. The number of para-hydroxylation sites is 1. The Bertz CT molecular complexity index is 773. The number of pyridine rings is 1. The number of benzene rings is 1. The van der Waals surface area contributed by atoms with Crippen LogP contribution in [0.4, 0.5) is 0 Å². The van der Waals surface area contributed by atoms with Gasteiger partial charge in [0.25, 0.3) is 0 Å². The van der Waals surface area contributed by atoms with Gasteiger partial charge >= 0.3 is 0 Å². The van der Waals surface area contributed by atoms with Gasteiger partial charge in [0.1, 0.15) is 0 Å². The molecule has 1 amide bonds. The smallest absolute Gasteiger partial charge is 0.246 e. The average molecular weight is 340 g/mol. The van der Waals surface area contributed by atoms with Crippen LogP contribution >= 0.6 is 0 Å². The molecule has 25 heavy (non-hydrogen) atoms. The van der Waals surface area contributed by atoms with Crippen molar-refractivity contribution in [2.45, 2.75) is 19.8 Å². The number of ether oxygens (including phenoxy) is 1. The molecule has 1 aromatic carbocycles. The third kappa shape index (κ3) is 4.17. The van der Waals surface area contributed by atoms with Gasteiger partial charge in [-0.25, -0.2) is 4.98 Å². The SMILES string of the molecule is CCCOc1nc2ccccc2cc1/C=C/C(=O)N1CCC(CO)C1. The van der Waals surface area contributed by atoms with Crippen molar-refractivity contribution in [3.63, 3.8) is 0 Å². The summed E-state index contributed by atoms with van der Waals surface area (Å²) in [5, 5.41) is 10.2. The maximum absolute atomic E-state index is 12.4. The first kappa shape index (κ1) is 17.4. The zero-order valence-electron chi connectivity index (χ0n) is 14.5. The minimum Gasteiger partial charge on any atom is -0.477 e. The van der Waals surface area contributed by atoms with Crippen molar-refractivity contribution in [1.82, 2.24) is 9.88 Å². The van der Waals surface area contributed by atoms with Crippen LogP contribution in [0.1, 0.15) is 25.3 Å². The molecule has 0 bridgehead atoms. The zero-order valence-corrected chi connectivity index (χ0v) is 14.5. The molecule has 5 nitrogen and oxygen atoms in total. The lowest BCUT2D eigenvalue weighted by atomic mass is 10.1. The Labute approximate surface area is 147 Å². The number of aliphatic hydroxyl groups is 1. The molecule has 5 heteroatoms. The molecule has 1 unspecified atom stereocenters. The van der Waals surface area contributed by atoms with E-state index in [0.717, 1.165) is 29.3 Å². The summed E-state index contributed by atoms with van der Waals surface area (Å²) >= 11 is 0. The fourth-order valence-electron chi connectivity index (χ4n) is 3.00. The molecule has 0 radical (unpaired) electrons. The van der Waals surface area contributed by atoms with E-state index in [2.05, 4.69) is 4.98 Å². The van der Waals surface area contributed by atoms with Crippen LogP contribution in [-0.4, -0.2) is 47.2 Å². The number of likely N-dealkylation sites (tertiary alicyclic amines) is 1. The Hall–Kier alpha value is -2.40. The number of aromatic nitrogens is 1. The Morgan fingerprint density at radius 3 is 3.04 bits per heavy atom. The molecule has 1 aliphatic rings. The maximum Gasteiger partial charge on any atom is 0.246 e. The highest BCUT2D eigenvalue weighted by molar-refractivity contribution is 5.93. The summed E-state index contributed by atoms with van der Waals surface area (Å²) in [5.41, 5.74) is 1.68. The van der Waals surface area contributed by atoms with E-state index in [1.807, 2.05) is 37.3 Å². The average Bonchev–Trinajstić information content (AvgIpc) is 3.13. The van der Waals surface area contributed by atoms with E-state index in [4.69, 9.17) is 4.74 Å². The Morgan fingerprint density at radius 1 is 1.44 bits per heavy atom. The van der Waals surface area contributed by atoms with E-state index < -0.39 is 0 Å². The fraction of sp³-hybridized carbons (Fsp3) is 0.400. The summed E-state index contributed by atoms with van der Waals surface area (Å²) in [6, 6.07) is 9.86. The molecule has 1 N–H and O–H groups in total. The zero-order chi connectivity index (χ0) is 17.6. The number of fused-ring (bicyclic) bond motifs is 1. The summed E-state index contributed by atoms with van der Waals surface area (Å²) in [6.07, 6.45) is 5.11. The highest BCUT2D eigenvalue weighted by Crippen LogP contribution is 2.24. The molecule has 1 atom stereocenters. The molecular weight excluding hydrogens is 316 g/mol. The third-order valence-electron chi connectivity index (χ3n) is 4.42. The Balaban J connectivity index is 1.82. The van der Waals surface area contributed by atoms with Gasteiger partial charge in [-0.15, -0.1) is 0 Å². The molecule has 1 saturated heterocycles. The lowest BCUT2D eigenvalue weighted by molar-refractivity contribution is -0.125. The van der Waals surface area contributed by atoms with Crippen molar-refractivity contribution in [1.29, 1.82) is 0 Å². The molecule has 3 rings (SSSR count). The second-order valence-electron chi connectivity index (χ2n) is 6.38. The van der Waals surface area contributed by atoms with Gasteiger partial charge in [0.15, 0.2) is 0 Å². The highest BCUT2D eigenvalue weighted by Gasteiger charge is 2.24. The molecule has 2 heterocycles. The lowest BCUT2D eigenvalue weighted by Gasteiger charge is -2.13. The minimum absolute atomic E-state index is 0.0365. The van der Waals surface area contributed by atoms with Gasteiger partial charge in [-0.1, -0.05) is 25.1 Å². The molecular formula is C20H24N2O3. The Morgan fingerprint density at radius 2 is 2.28 bits per heavy atom. The van der Waals surface area contributed by atoms with Crippen LogP contribution in [0.3, 0.4) is 0 Å². The van der Waals surface area contributed by atoms with Gasteiger partial charge in [-0.05, 0) is 31.1 Å². The van der Waals surface area contributed by atoms with E-state index in [-0.39, 0.29) is 18.4 Å². The first-order valence-corrected chi connectivity index (χ1v) is 8.81. The second-order valence-corrected chi connectivity index (χ2v) is 6.38. The Kier molecular flexibility index (Phi) is 5.66. The molecule has 1 fully saturated rings. The summed E-state index contributed by atoms with van der Waals surface area (Å²) in [4.78, 5) is 18.7. The standard InChI is InChI=1S/C20H24N2O3/c1-2-11-25-20-17(12-16-5-3-4-6-18(16)21-20)7-8-19(24)22-10-9-15(13-22)14-23/h3-8,12,15,23H,2,9-11,13-14H2,1H3/b8-7+. The third-order valence-corrected chi connectivity index (χ3v) is 4.42. The molecule has 0 aliphatic carbocycles. The van der Waals surface area contributed by atoms with E-state index in [0.29, 0.717) is 25.6 Å². The van der Waals surface area contributed by atoms with Gasteiger partial charge in [0, 0.05) is 42.6 Å². The monoisotopic (exact) mass is 340 g/mol. The predicted molar refractivity (Wildman–Crippen MR) is 98.3 cm³/mol. The van der Waals surface area contributed by atoms with E-state index >= 15 is 0 Å². The fourth-order valence-corrected chi connectivity index (χ4v) is 3.00. The quantitative estimate of drug-likeness (QED) is 0.822. The minimum atomic E-state index is -0.0365. The van der Waals surface area contributed by atoms with Crippen LogP contribution in [0.5, 0.6) is 5.88 Å². The van der Waals surface area contributed by atoms with E-state index in [1.165, 1.54) is 0 Å². The molecule has 132 valence electrons. The number of hydrogen-bond donors (Lipinski definition) is 1. The lowest BCUT2D eigenvalue weighted by Crippen LogP contribution is -2.27. The summed E-state index contributed by atoms with van der Waals surface area (Å²) < 4.78 is 5.77. The van der Waals surface area contributed by atoms with Gasteiger partial charge in [-0.2, -0.15) is 0 Å². The molecule has 1 aliphatic heterocycles. The normalized spacial score (nSPS) is 17.5. The number of rotatable bonds is 6. The molecule has 0 spiro atoms. The first-order chi connectivity index (χ1) is 12.2. The number of nitrogens with zero attached hydrogens (tertiary/aromatic N) is 2. The number of hydrogen-bond acceptors (Lipinski definition) is 4.